The molecule has 0 aliphatic carbocycles. The Bertz CT molecular complexity index is 1030. The SMILES string of the molecule is Cc1ccc(S(=O)(=O)Nc2nn(Cc3c(F)cccc3Cl)cc2Cl)cc1. The zero-order valence-electron chi connectivity index (χ0n) is 13.6. The molecule has 3 aromatic rings. The summed E-state index contributed by atoms with van der Waals surface area (Å²) in [5.41, 5.74) is 1.18. The van der Waals surface area contributed by atoms with E-state index < -0.39 is 15.8 Å². The van der Waals surface area contributed by atoms with Crippen LogP contribution in [0.1, 0.15) is 11.1 Å². The third-order valence-corrected chi connectivity index (χ3v) is 5.65. The molecule has 0 aliphatic heterocycles. The lowest BCUT2D eigenvalue weighted by Crippen LogP contribution is -2.14. The number of sulfonamides is 1. The molecule has 1 aromatic heterocycles. The first-order valence-electron chi connectivity index (χ1n) is 7.51. The molecule has 1 N–H and O–H groups in total. The Morgan fingerprint density at radius 1 is 1.12 bits per heavy atom. The van der Waals surface area contributed by atoms with E-state index in [9.17, 15) is 12.8 Å². The van der Waals surface area contributed by atoms with Crippen molar-refractivity contribution >= 4 is 39.0 Å². The predicted molar refractivity (Wildman–Crippen MR) is 99.7 cm³/mol. The van der Waals surface area contributed by atoms with E-state index in [-0.39, 0.29) is 32.9 Å². The minimum atomic E-state index is -3.84. The van der Waals surface area contributed by atoms with Gasteiger partial charge in [-0.1, -0.05) is 47.0 Å². The van der Waals surface area contributed by atoms with Crippen molar-refractivity contribution in [3.05, 3.63) is 75.7 Å². The molecule has 136 valence electrons. The van der Waals surface area contributed by atoms with Gasteiger partial charge in [-0.3, -0.25) is 9.40 Å². The summed E-state index contributed by atoms with van der Waals surface area (Å²) in [6, 6.07) is 10.7. The number of halogens is 3. The topological polar surface area (TPSA) is 64.0 Å². The third kappa shape index (κ3) is 4.00. The molecule has 0 bridgehead atoms. The summed E-state index contributed by atoms with van der Waals surface area (Å²) >= 11 is 12.1. The van der Waals surface area contributed by atoms with Gasteiger partial charge < -0.3 is 0 Å². The molecule has 0 atom stereocenters. The second-order valence-electron chi connectivity index (χ2n) is 5.64. The van der Waals surface area contributed by atoms with Gasteiger partial charge in [0, 0.05) is 16.8 Å². The van der Waals surface area contributed by atoms with E-state index in [2.05, 4.69) is 9.82 Å². The van der Waals surface area contributed by atoms with Crippen LogP contribution in [0.2, 0.25) is 10.0 Å². The quantitative estimate of drug-likeness (QED) is 0.669. The van der Waals surface area contributed by atoms with Crippen LogP contribution in [-0.4, -0.2) is 18.2 Å². The van der Waals surface area contributed by atoms with E-state index in [4.69, 9.17) is 23.2 Å². The van der Waals surface area contributed by atoms with Gasteiger partial charge in [0.2, 0.25) is 0 Å². The van der Waals surface area contributed by atoms with E-state index in [1.807, 2.05) is 6.92 Å². The van der Waals surface area contributed by atoms with Crippen LogP contribution in [0.3, 0.4) is 0 Å². The van der Waals surface area contributed by atoms with Crippen LogP contribution in [-0.2, 0) is 16.6 Å². The van der Waals surface area contributed by atoms with Crippen molar-refractivity contribution in [1.29, 1.82) is 0 Å². The van der Waals surface area contributed by atoms with Gasteiger partial charge in [-0.15, -0.1) is 0 Å². The first-order chi connectivity index (χ1) is 12.3. The Kier molecular flexibility index (Phi) is 5.22. The molecular weight excluding hydrogens is 400 g/mol. The monoisotopic (exact) mass is 413 g/mol. The highest BCUT2D eigenvalue weighted by molar-refractivity contribution is 7.92. The molecule has 0 fully saturated rings. The number of benzene rings is 2. The zero-order valence-corrected chi connectivity index (χ0v) is 15.9. The van der Waals surface area contributed by atoms with E-state index in [1.165, 1.54) is 35.1 Å². The number of rotatable bonds is 5. The van der Waals surface area contributed by atoms with Crippen molar-refractivity contribution in [1.82, 2.24) is 9.78 Å². The Hall–Kier alpha value is -2.09. The smallest absolute Gasteiger partial charge is 0.263 e. The molecule has 0 saturated carbocycles. The molecule has 1 heterocycles. The highest BCUT2D eigenvalue weighted by Gasteiger charge is 2.19. The standard InChI is InChI=1S/C17H14Cl2FN3O2S/c1-11-5-7-12(8-6-11)26(24,25)22-17-15(19)10-23(21-17)9-13-14(18)3-2-4-16(13)20/h2-8,10H,9H2,1H3,(H,21,22). The van der Waals surface area contributed by atoms with Gasteiger partial charge in [0.25, 0.3) is 10.0 Å². The van der Waals surface area contributed by atoms with Crippen LogP contribution in [0.25, 0.3) is 0 Å². The first kappa shape index (κ1) is 18.7. The maximum absolute atomic E-state index is 13.9. The van der Waals surface area contributed by atoms with E-state index in [1.54, 1.807) is 18.2 Å². The summed E-state index contributed by atoms with van der Waals surface area (Å²) in [4.78, 5) is 0.0888. The third-order valence-electron chi connectivity index (χ3n) is 3.66. The fraction of sp³-hybridized carbons (Fsp3) is 0.118. The fourth-order valence-corrected chi connectivity index (χ4v) is 3.79. The lowest BCUT2D eigenvalue weighted by Gasteiger charge is -2.07. The second kappa shape index (κ2) is 7.26. The van der Waals surface area contributed by atoms with Gasteiger partial charge >= 0.3 is 0 Å². The number of aromatic nitrogens is 2. The molecule has 0 amide bonds. The van der Waals surface area contributed by atoms with Crippen LogP contribution in [0.4, 0.5) is 10.2 Å². The highest BCUT2D eigenvalue weighted by atomic mass is 35.5. The normalized spacial score (nSPS) is 11.5. The minimum Gasteiger partial charge on any atom is -0.264 e. The average molecular weight is 414 g/mol. The Balaban J connectivity index is 1.85. The van der Waals surface area contributed by atoms with Crippen LogP contribution >= 0.6 is 23.2 Å². The van der Waals surface area contributed by atoms with Gasteiger partial charge in [0.05, 0.1) is 11.4 Å². The molecule has 0 aliphatic rings. The molecule has 0 spiro atoms. The number of nitrogens with zero attached hydrogens (tertiary/aromatic N) is 2. The highest BCUT2D eigenvalue weighted by Crippen LogP contribution is 2.25. The van der Waals surface area contributed by atoms with Crippen molar-refractivity contribution in [3.8, 4) is 0 Å². The fourth-order valence-electron chi connectivity index (χ4n) is 2.30. The molecule has 5 nitrogen and oxygen atoms in total. The molecule has 0 saturated heterocycles. The maximum Gasteiger partial charge on any atom is 0.263 e. The number of nitrogens with one attached hydrogen (secondary N) is 1. The average Bonchev–Trinajstić information content (AvgIpc) is 2.90. The summed E-state index contributed by atoms with van der Waals surface area (Å²) in [5, 5.41) is 4.42. The Labute approximate surface area is 160 Å². The lowest BCUT2D eigenvalue weighted by molar-refractivity contribution is 0.585. The molecular formula is C17H14Cl2FN3O2S. The second-order valence-corrected chi connectivity index (χ2v) is 8.14. The van der Waals surface area contributed by atoms with Crippen LogP contribution < -0.4 is 4.72 Å². The van der Waals surface area contributed by atoms with E-state index in [0.717, 1.165) is 5.56 Å². The predicted octanol–water partition coefficient (Wildman–Crippen LogP) is 4.49. The summed E-state index contributed by atoms with van der Waals surface area (Å²) in [6.07, 6.45) is 1.40. The Morgan fingerprint density at radius 2 is 1.81 bits per heavy atom. The molecule has 9 heteroatoms. The van der Waals surface area contributed by atoms with Crippen LogP contribution in [0.15, 0.2) is 53.6 Å². The van der Waals surface area contributed by atoms with Gasteiger partial charge in [-0.05, 0) is 31.2 Å². The summed E-state index contributed by atoms with van der Waals surface area (Å²) in [7, 11) is -3.84. The summed E-state index contributed by atoms with van der Waals surface area (Å²) in [5.74, 6) is -0.523. The van der Waals surface area contributed by atoms with Gasteiger partial charge in [-0.2, -0.15) is 5.10 Å². The van der Waals surface area contributed by atoms with Crippen molar-refractivity contribution < 1.29 is 12.8 Å². The number of hydrogen-bond donors (Lipinski definition) is 1. The largest absolute Gasteiger partial charge is 0.264 e. The molecule has 2 aromatic carbocycles. The minimum absolute atomic E-state index is 0.0114. The van der Waals surface area contributed by atoms with Crippen molar-refractivity contribution in [2.45, 2.75) is 18.4 Å². The van der Waals surface area contributed by atoms with Crippen molar-refractivity contribution in [2.75, 3.05) is 4.72 Å². The maximum atomic E-state index is 13.9. The molecule has 3 rings (SSSR count). The van der Waals surface area contributed by atoms with Crippen LogP contribution in [0.5, 0.6) is 0 Å². The van der Waals surface area contributed by atoms with E-state index >= 15 is 0 Å². The summed E-state index contributed by atoms with van der Waals surface area (Å²) < 4.78 is 42.4. The number of aryl methyl sites for hydroxylation is 1. The number of hydrogen-bond acceptors (Lipinski definition) is 3. The summed E-state index contributed by atoms with van der Waals surface area (Å²) in [6.45, 7) is 1.87. The van der Waals surface area contributed by atoms with Gasteiger partial charge in [0.1, 0.15) is 10.8 Å². The lowest BCUT2D eigenvalue weighted by atomic mass is 10.2. The van der Waals surface area contributed by atoms with E-state index in [0.29, 0.717) is 0 Å². The van der Waals surface area contributed by atoms with Crippen molar-refractivity contribution in [2.24, 2.45) is 0 Å². The van der Waals surface area contributed by atoms with Gasteiger partial charge in [0.15, 0.2) is 5.82 Å². The molecule has 0 unspecified atom stereocenters. The number of anilines is 1. The zero-order chi connectivity index (χ0) is 18.9. The molecule has 0 radical (unpaired) electrons. The first-order valence-corrected chi connectivity index (χ1v) is 9.75. The van der Waals surface area contributed by atoms with Gasteiger partial charge in [-0.25, -0.2) is 12.8 Å². The van der Waals surface area contributed by atoms with Crippen molar-refractivity contribution in [3.63, 3.8) is 0 Å². The van der Waals surface area contributed by atoms with Crippen LogP contribution in [0, 0.1) is 12.7 Å². The molecule has 26 heavy (non-hydrogen) atoms. The Morgan fingerprint density at radius 3 is 2.46 bits per heavy atom.